The minimum atomic E-state index is -0.753. The number of aryl methyl sites for hydroxylation is 1. The molecule has 6 nitrogen and oxygen atoms in total. The fourth-order valence-electron chi connectivity index (χ4n) is 3.87. The van der Waals surface area contributed by atoms with E-state index < -0.39 is 17.7 Å². The zero-order valence-corrected chi connectivity index (χ0v) is 17.5. The summed E-state index contributed by atoms with van der Waals surface area (Å²) in [5.41, 5.74) is 1.85. The van der Waals surface area contributed by atoms with Crippen LogP contribution in [0.15, 0.2) is 48.0 Å². The molecule has 1 aliphatic rings. The molecule has 0 bridgehead atoms. The van der Waals surface area contributed by atoms with Crippen molar-refractivity contribution in [3.05, 3.63) is 64.7 Å². The van der Waals surface area contributed by atoms with E-state index in [-0.39, 0.29) is 17.1 Å². The number of amides is 1. The molecule has 1 saturated heterocycles. The van der Waals surface area contributed by atoms with Crippen molar-refractivity contribution in [1.82, 2.24) is 4.90 Å². The first-order valence-electron chi connectivity index (χ1n) is 10.1. The Kier molecular flexibility index (Phi) is 6.45. The summed E-state index contributed by atoms with van der Waals surface area (Å²) in [7, 11) is 1.56. The lowest BCUT2D eigenvalue weighted by molar-refractivity contribution is -0.139. The average molecular weight is 409 g/mol. The van der Waals surface area contributed by atoms with Crippen molar-refractivity contribution in [2.24, 2.45) is 0 Å². The molecule has 1 fully saturated rings. The number of phenolic OH excluding ortho intramolecular Hbond substituents is 1. The maximum absolute atomic E-state index is 12.9. The van der Waals surface area contributed by atoms with E-state index in [0.717, 1.165) is 24.8 Å². The van der Waals surface area contributed by atoms with E-state index in [4.69, 9.17) is 4.74 Å². The zero-order chi connectivity index (χ0) is 21.8. The third kappa shape index (κ3) is 4.03. The van der Waals surface area contributed by atoms with Gasteiger partial charge in [0.05, 0.1) is 18.7 Å². The van der Waals surface area contributed by atoms with Crippen LogP contribution in [0, 0.1) is 6.92 Å². The molecule has 158 valence electrons. The van der Waals surface area contributed by atoms with Gasteiger partial charge in [0, 0.05) is 12.1 Å². The van der Waals surface area contributed by atoms with Gasteiger partial charge in [-0.1, -0.05) is 31.9 Å². The van der Waals surface area contributed by atoms with E-state index >= 15 is 0 Å². The zero-order valence-electron chi connectivity index (χ0n) is 17.5. The topological polar surface area (TPSA) is 87.1 Å². The largest absolute Gasteiger partial charge is 0.508 e. The predicted octanol–water partition coefficient (Wildman–Crippen LogP) is 4.32. The van der Waals surface area contributed by atoms with Crippen molar-refractivity contribution >= 4 is 17.4 Å². The highest BCUT2D eigenvalue weighted by Crippen LogP contribution is 2.40. The Morgan fingerprint density at radius 2 is 1.90 bits per heavy atom. The van der Waals surface area contributed by atoms with Crippen LogP contribution in [-0.4, -0.2) is 40.5 Å². The third-order valence-corrected chi connectivity index (χ3v) is 5.40. The lowest BCUT2D eigenvalue weighted by Crippen LogP contribution is -2.30. The Bertz CT molecular complexity index is 995. The second-order valence-corrected chi connectivity index (χ2v) is 7.48. The van der Waals surface area contributed by atoms with Crippen LogP contribution in [0.1, 0.15) is 48.9 Å². The number of aliphatic hydroxyl groups is 1. The van der Waals surface area contributed by atoms with Gasteiger partial charge in [0.2, 0.25) is 0 Å². The highest BCUT2D eigenvalue weighted by atomic mass is 16.5. The molecule has 6 heteroatoms. The molecule has 2 N–H and O–H groups in total. The number of phenols is 1. The first-order valence-corrected chi connectivity index (χ1v) is 10.1. The number of methoxy groups -OCH3 is 1. The monoisotopic (exact) mass is 409 g/mol. The maximum atomic E-state index is 12.9. The molecule has 30 heavy (non-hydrogen) atoms. The second kappa shape index (κ2) is 9.03. The first-order chi connectivity index (χ1) is 14.4. The van der Waals surface area contributed by atoms with Crippen LogP contribution < -0.4 is 4.74 Å². The number of carbonyl (C=O) groups excluding carboxylic acids is 2. The van der Waals surface area contributed by atoms with E-state index in [1.807, 2.05) is 6.92 Å². The summed E-state index contributed by atoms with van der Waals surface area (Å²) in [6.45, 7) is 4.30. The van der Waals surface area contributed by atoms with E-state index in [1.54, 1.807) is 37.4 Å². The number of unbranched alkanes of at least 4 members (excludes halogenated alkanes) is 2. The molecule has 1 unspecified atom stereocenters. The van der Waals surface area contributed by atoms with Gasteiger partial charge >= 0.3 is 0 Å². The normalized spacial score (nSPS) is 18.1. The van der Waals surface area contributed by atoms with Crippen LogP contribution in [0.5, 0.6) is 11.5 Å². The molecule has 1 atom stereocenters. The minimum absolute atomic E-state index is 0.0339. The van der Waals surface area contributed by atoms with Crippen molar-refractivity contribution in [2.45, 2.75) is 39.2 Å². The molecule has 1 amide bonds. The van der Waals surface area contributed by atoms with E-state index in [9.17, 15) is 19.8 Å². The highest BCUT2D eigenvalue weighted by Gasteiger charge is 2.45. The lowest BCUT2D eigenvalue weighted by Gasteiger charge is -2.25. The summed E-state index contributed by atoms with van der Waals surface area (Å²) in [5, 5.41) is 21.0. The van der Waals surface area contributed by atoms with Gasteiger partial charge in [0.15, 0.2) is 0 Å². The van der Waals surface area contributed by atoms with Gasteiger partial charge in [-0.15, -0.1) is 0 Å². The van der Waals surface area contributed by atoms with Crippen molar-refractivity contribution in [3.63, 3.8) is 0 Å². The van der Waals surface area contributed by atoms with Crippen LogP contribution >= 0.6 is 0 Å². The quantitative estimate of drug-likeness (QED) is 0.308. The van der Waals surface area contributed by atoms with Crippen LogP contribution in [0.2, 0.25) is 0 Å². The Morgan fingerprint density at radius 1 is 1.13 bits per heavy atom. The van der Waals surface area contributed by atoms with Crippen LogP contribution in [0.4, 0.5) is 0 Å². The van der Waals surface area contributed by atoms with Crippen molar-refractivity contribution in [2.75, 3.05) is 13.7 Å². The molecule has 0 spiro atoms. The smallest absolute Gasteiger partial charge is 0.295 e. The average Bonchev–Trinajstić information content (AvgIpc) is 2.98. The maximum Gasteiger partial charge on any atom is 0.295 e. The number of ether oxygens (including phenoxy) is 1. The van der Waals surface area contributed by atoms with E-state index in [1.165, 1.54) is 17.0 Å². The van der Waals surface area contributed by atoms with Gasteiger partial charge in [0.25, 0.3) is 11.7 Å². The number of Topliss-reactive ketones (excluding diaryl/α,β-unsaturated/α-hetero) is 1. The summed E-state index contributed by atoms with van der Waals surface area (Å²) in [6, 6.07) is 10.8. The molecule has 2 aromatic carbocycles. The molecule has 0 radical (unpaired) electrons. The van der Waals surface area contributed by atoms with Crippen LogP contribution in [-0.2, 0) is 9.59 Å². The molecule has 1 aliphatic heterocycles. The van der Waals surface area contributed by atoms with Crippen molar-refractivity contribution in [1.29, 1.82) is 0 Å². The van der Waals surface area contributed by atoms with E-state index in [2.05, 4.69) is 6.92 Å². The van der Waals surface area contributed by atoms with Crippen LogP contribution in [0.3, 0.4) is 0 Å². The molecular weight excluding hydrogens is 382 g/mol. The molecule has 3 rings (SSSR count). The number of likely N-dealkylation sites (tertiary alicyclic amines) is 1. The molecule has 1 heterocycles. The summed E-state index contributed by atoms with van der Waals surface area (Å²) in [6.07, 6.45) is 2.65. The van der Waals surface area contributed by atoms with Gasteiger partial charge in [-0.2, -0.15) is 0 Å². The Morgan fingerprint density at radius 3 is 2.53 bits per heavy atom. The third-order valence-electron chi connectivity index (χ3n) is 5.40. The Balaban J connectivity index is 2.13. The molecular formula is C24H27NO5. The number of nitrogens with zero attached hydrogens (tertiary/aromatic N) is 1. The summed E-state index contributed by atoms with van der Waals surface area (Å²) < 4.78 is 5.26. The molecule has 0 aliphatic carbocycles. The SMILES string of the molecule is CCCCCN1C(=O)C(=O)/C(=C(\O)c2ccc(OC)c(C)c2)C1c1cccc(O)c1. The molecule has 0 aromatic heterocycles. The Hall–Kier alpha value is -3.28. The fourth-order valence-corrected chi connectivity index (χ4v) is 3.87. The molecule has 2 aromatic rings. The summed E-state index contributed by atoms with van der Waals surface area (Å²) >= 11 is 0. The number of aliphatic hydroxyl groups excluding tert-OH is 1. The van der Waals surface area contributed by atoms with Gasteiger partial charge < -0.3 is 19.8 Å². The Labute approximate surface area is 176 Å². The summed E-state index contributed by atoms with van der Waals surface area (Å²) in [4.78, 5) is 27.3. The molecule has 0 saturated carbocycles. The van der Waals surface area contributed by atoms with Crippen LogP contribution in [0.25, 0.3) is 5.76 Å². The number of carbonyl (C=O) groups is 2. The number of ketones is 1. The van der Waals surface area contributed by atoms with Gasteiger partial charge in [-0.3, -0.25) is 9.59 Å². The number of rotatable bonds is 7. The van der Waals surface area contributed by atoms with Crippen molar-refractivity contribution < 1.29 is 24.5 Å². The van der Waals surface area contributed by atoms with E-state index in [0.29, 0.717) is 23.4 Å². The number of hydrogen-bond donors (Lipinski definition) is 2. The standard InChI is InChI=1S/C24H27NO5/c1-4-5-6-12-25-21(16-8-7-9-18(26)14-16)20(23(28)24(25)29)22(27)17-10-11-19(30-3)15(2)13-17/h7-11,13-14,21,26-27H,4-6,12H2,1-3H3/b22-20-. The fraction of sp³-hybridized carbons (Fsp3) is 0.333. The van der Waals surface area contributed by atoms with Gasteiger partial charge in [-0.05, 0) is 54.8 Å². The second-order valence-electron chi connectivity index (χ2n) is 7.48. The minimum Gasteiger partial charge on any atom is -0.508 e. The number of hydrogen-bond acceptors (Lipinski definition) is 5. The van der Waals surface area contributed by atoms with Gasteiger partial charge in [0.1, 0.15) is 17.3 Å². The number of aromatic hydroxyl groups is 1. The summed E-state index contributed by atoms with van der Waals surface area (Å²) in [5.74, 6) is -0.884. The highest BCUT2D eigenvalue weighted by molar-refractivity contribution is 6.46. The number of benzene rings is 2. The predicted molar refractivity (Wildman–Crippen MR) is 114 cm³/mol. The lowest BCUT2D eigenvalue weighted by atomic mass is 9.94. The van der Waals surface area contributed by atoms with Crippen molar-refractivity contribution in [3.8, 4) is 11.5 Å². The first kappa shape index (κ1) is 21.4. The van der Waals surface area contributed by atoms with Gasteiger partial charge in [-0.25, -0.2) is 0 Å².